The van der Waals surface area contributed by atoms with E-state index in [2.05, 4.69) is 10.6 Å². The Bertz CT molecular complexity index is 727. The maximum atomic E-state index is 12.2. The zero-order valence-electron chi connectivity index (χ0n) is 14.0. The van der Waals surface area contributed by atoms with E-state index in [-0.39, 0.29) is 17.7 Å². The number of para-hydroxylation sites is 1. The summed E-state index contributed by atoms with van der Waals surface area (Å²) < 4.78 is 5.59. The molecule has 0 atom stereocenters. The molecule has 2 aromatic carbocycles. The quantitative estimate of drug-likeness (QED) is 0.726. The molecule has 2 aromatic rings. The largest absolute Gasteiger partial charge is 0.494 e. The number of nitrogens with one attached hydrogen (secondary N) is 2. The number of hydrogen-bond acceptors (Lipinski definition) is 3. The lowest BCUT2D eigenvalue weighted by molar-refractivity contribution is -0.117. The smallest absolute Gasteiger partial charge is 0.251 e. The lowest BCUT2D eigenvalue weighted by Crippen LogP contribution is -2.25. The van der Waals surface area contributed by atoms with Gasteiger partial charge in [-0.15, -0.1) is 0 Å². The number of benzene rings is 2. The van der Waals surface area contributed by atoms with Crippen molar-refractivity contribution in [2.24, 2.45) is 5.92 Å². The van der Waals surface area contributed by atoms with Gasteiger partial charge in [-0.1, -0.05) is 24.3 Å². The third-order valence-corrected chi connectivity index (χ3v) is 3.96. The van der Waals surface area contributed by atoms with Crippen molar-refractivity contribution in [1.29, 1.82) is 0 Å². The van der Waals surface area contributed by atoms with Crippen LogP contribution < -0.4 is 15.4 Å². The zero-order chi connectivity index (χ0) is 17.5. The highest BCUT2D eigenvalue weighted by Gasteiger charge is 2.29. The average molecular weight is 338 g/mol. The highest BCUT2D eigenvalue weighted by atomic mass is 16.5. The van der Waals surface area contributed by atoms with Crippen molar-refractivity contribution in [3.63, 3.8) is 0 Å². The van der Waals surface area contributed by atoms with Crippen molar-refractivity contribution in [2.75, 3.05) is 18.5 Å². The number of carbonyl (C=O) groups is 2. The highest BCUT2D eigenvalue weighted by molar-refractivity contribution is 5.98. The molecule has 0 heterocycles. The fourth-order valence-electron chi connectivity index (χ4n) is 2.41. The molecule has 0 spiro atoms. The Kier molecular flexibility index (Phi) is 5.67. The molecular formula is C20H22N2O3. The van der Waals surface area contributed by atoms with Gasteiger partial charge < -0.3 is 15.4 Å². The van der Waals surface area contributed by atoms with E-state index in [1.165, 1.54) is 0 Å². The standard InChI is InChI=1S/C20H22N2O3/c23-19(21-12-5-13-25-18-8-2-1-3-9-18)16-6-4-7-17(14-16)22-20(24)15-10-11-15/h1-4,6-9,14-15H,5,10-13H2,(H,21,23)(H,22,24). The molecule has 1 aliphatic carbocycles. The first-order chi connectivity index (χ1) is 12.2. The molecule has 1 saturated carbocycles. The van der Waals surface area contributed by atoms with Gasteiger partial charge in [0, 0.05) is 23.7 Å². The summed E-state index contributed by atoms with van der Waals surface area (Å²) in [6.45, 7) is 1.08. The minimum atomic E-state index is -0.151. The van der Waals surface area contributed by atoms with Crippen LogP contribution in [0.15, 0.2) is 54.6 Å². The number of rotatable bonds is 8. The minimum Gasteiger partial charge on any atom is -0.494 e. The van der Waals surface area contributed by atoms with E-state index in [1.807, 2.05) is 30.3 Å². The Morgan fingerprint density at radius 1 is 1.04 bits per heavy atom. The predicted octanol–water partition coefficient (Wildman–Crippen LogP) is 3.23. The van der Waals surface area contributed by atoms with E-state index in [4.69, 9.17) is 4.74 Å². The predicted molar refractivity (Wildman–Crippen MR) is 96.7 cm³/mol. The first-order valence-corrected chi connectivity index (χ1v) is 8.59. The topological polar surface area (TPSA) is 67.4 Å². The van der Waals surface area contributed by atoms with Crippen molar-refractivity contribution in [3.8, 4) is 5.75 Å². The molecule has 5 heteroatoms. The molecule has 130 valence electrons. The summed E-state index contributed by atoms with van der Waals surface area (Å²) in [5.74, 6) is 0.855. The van der Waals surface area contributed by atoms with Crippen molar-refractivity contribution in [2.45, 2.75) is 19.3 Å². The molecule has 2 amide bonds. The summed E-state index contributed by atoms with van der Waals surface area (Å²) in [4.78, 5) is 24.0. The molecule has 1 fully saturated rings. The second kappa shape index (κ2) is 8.33. The molecule has 1 aliphatic rings. The average Bonchev–Trinajstić information content (AvgIpc) is 3.47. The van der Waals surface area contributed by atoms with Gasteiger partial charge >= 0.3 is 0 Å². The van der Waals surface area contributed by atoms with Gasteiger partial charge in [0.2, 0.25) is 5.91 Å². The van der Waals surface area contributed by atoms with Crippen LogP contribution in [0.4, 0.5) is 5.69 Å². The summed E-state index contributed by atoms with van der Waals surface area (Å²) >= 11 is 0. The molecular weight excluding hydrogens is 316 g/mol. The third-order valence-electron chi connectivity index (χ3n) is 3.96. The second-order valence-corrected chi connectivity index (χ2v) is 6.12. The van der Waals surface area contributed by atoms with Gasteiger partial charge in [-0.3, -0.25) is 9.59 Å². The molecule has 0 unspecified atom stereocenters. The first kappa shape index (κ1) is 17.0. The van der Waals surface area contributed by atoms with Gasteiger partial charge in [0.1, 0.15) is 5.75 Å². The maximum absolute atomic E-state index is 12.2. The molecule has 25 heavy (non-hydrogen) atoms. The van der Waals surface area contributed by atoms with Crippen LogP contribution in [0.2, 0.25) is 0 Å². The summed E-state index contributed by atoms with van der Waals surface area (Å²) in [6.07, 6.45) is 2.63. The summed E-state index contributed by atoms with van der Waals surface area (Å²) in [5.41, 5.74) is 1.20. The van der Waals surface area contributed by atoms with E-state index >= 15 is 0 Å². The number of carbonyl (C=O) groups excluding carboxylic acids is 2. The van der Waals surface area contributed by atoms with Gasteiger partial charge in [-0.2, -0.15) is 0 Å². The van der Waals surface area contributed by atoms with Crippen molar-refractivity contribution >= 4 is 17.5 Å². The van der Waals surface area contributed by atoms with Gasteiger partial charge in [-0.25, -0.2) is 0 Å². The summed E-state index contributed by atoms with van der Waals surface area (Å²) in [6, 6.07) is 16.6. The van der Waals surface area contributed by atoms with Crippen LogP contribution in [0.3, 0.4) is 0 Å². The number of hydrogen-bond donors (Lipinski definition) is 2. The first-order valence-electron chi connectivity index (χ1n) is 8.59. The van der Waals surface area contributed by atoms with Crippen molar-refractivity contribution < 1.29 is 14.3 Å². The number of anilines is 1. The minimum absolute atomic E-state index is 0.0376. The Hall–Kier alpha value is -2.82. The SMILES string of the molecule is O=C(NCCCOc1ccccc1)c1cccc(NC(=O)C2CC2)c1. The lowest BCUT2D eigenvalue weighted by atomic mass is 10.2. The fraction of sp³-hybridized carbons (Fsp3) is 0.300. The summed E-state index contributed by atoms with van der Waals surface area (Å²) in [7, 11) is 0. The monoisotopic (exact) mass is 338 g/mol. The lowest BCUT2D eigenvalue weighted by Gasteiger charge is -2.09. The Labute approximate surface area is 147 Å². The number of amides is 2. The maximum Gasteiger partial charge on any atom is 0.251 e. The van der Waals surface area contributed by atoms with Crippen molar-refractivity contribution in [3.05, 3.63) is 60.2 Å². The summed E-state index contributed by atoms with van der Waals surface area (Å²) in [5, 5.41) is 5.72. The van der Waals surface area contributed by atoms with E-state index in [0.29, 0.717) is 24.4 Å². The number of ether oxygens (including phenoxy) is 1. The van der Waals surface area contributed by atoms with Crippen LogP contribution in [-0.4, -0.2) is 25.0 Å². The molecule has 0 bridgehead atoms. The molecule has 0 aromatic heterocycles. The van der Waals surface area contributed by atoms with Crippen LogP contribution in [0.1, 0.15) is 29.6 Å². The Morgan fingerprint density at radius 3 is 2.60 bits per heavy atom. The second-order valence-electron chi connectivity index (χ2n) is 6.12. The normalized spacial score (nSPS) is 13.1. The van der Waals surface area contributed by atoms with Gasteiger partial charge in [0.05, 0.1) is 6.61 Å². The zero-order valence-corrected chi connectivity index (χ0v) is 14.0. The van der Waals surface area contributed by atoms with Gasteiger partial charge in [0.15, 0.2) is 0 Å². The molecule has 5 nitrogen and oxygen atoms in total. The van der Waals surface area contributed by atoms with E-state index in [9.17, 15) is 9.59 Å². The van der Waals surface area contributed by atoms with Crippen LogP contribution in [0.5, 0.6) is 5.75 Å². The molecule has 0 aliphatic heterocycles. The van der Waals surface area contributed by atoms with Gasteiger partial charge in [-0.05, 0) is 49.6 Å². The molecule has 0 saturated heterocycles. The van der Waals surface area contributed by atoms with Crippen LogP contribution in [-0.2, 0) is 4.79 Å². The molecule has 0 radical (unpaired) electrons. The van der Waals surface area contributed by atoms with E-state index in [1.54, 1.807) is 24.3 Å². The fourth-order valence-corrected chi connectivity index (χ4v) is 2.41. The highest BCUT2D eigenvalue weighted by Crippen LogP contribution is 2.30. The Morgan fingerprint density at radius 2 is 1.84 bits per heavy atom. The van der Waals surface area contributed by atoms with Crippen LogP contribution in [0, 0.1) is 5.92 Å². The molecule has 2 N–H and O–H groups in total. The van der Waals surface area contributed by atoms with E-state index in [0.717, 1.165) is 25.0 Å². The van der Waals surface area contributed by atoms with Gasteiger partial charge in [0.25, 0.3) is 5.91 Å². The third kappa shape index (κ3) is 5.35. The van der Waals surface area contributed by atoms with Crippen molar-refractivity contribution in [1.82, 2.24) is 5.32 Å². The Balaban J connectivity index is 1.41. The van der Waals surface area contributed by atoms with E-state index < -0.39 is 0 Å². The van der Waals surface area contributed by atoms with Crippen LogP contribution >= 0.6 is 0 Å². The van der Waals surface area contributed by atoms with Crippen LogP contribution in [0.25, 0.3) is 0 Å². The molecule has 3 rings (SSSR count).